The zero-order chi connectivity index (χ0) is 13.2. The molecule has 100 valence electrons. The lowest BCUT2D eigenvalue weighted by molar-refractivity contribution is 0.0523. The third-order valence-corrected chi connectivity index (χ3v) is 2.89. The molecular formula is C13H20N2O3. The van der Waals surface area contributed by atoms with E-state index < -0.39 is 5.60 Å². The number of carbonyl (C=O) groups excluding carboxylic acids is 1. The molecule has 1 fully saturated rings. The molecule has 0 bridgehead atoms. The lowest BCUT2D eigenvalue weighted by Gasteiger charge is -2.21. The highest BCUT2D eigenvalue weighted by Crippen LogP contribution is 2.41. The first-order valence-corrected chi connectivity index (χ1v) is 6.33. The van der Waals surface area contributed by atoms with Crippen LogP contribution in [0.15, 0.2) is 16.9 Å². The maximum Gasteiger partial charge on any atom is 0.407 e. The Labute approximate surface area is 107 Å². The number of nitrogens with one attached hydrogen (secondary N) is 1. The van der Waals surface area contributed by atoms with Gasteiger partial charge >= 0.3 is 6.09 Å². The van der Waals surface area contributed by atoms with E-state index >= 15 is 0 Å². The van der Waals surface area contributed by atoms with Gasteiger partial charge < -0.3 is 14.6 Å². The molecule has 5 heteroatoms. The van der Waals surface area contributed by atoms with Gasteiger partial charge in [-0.3, -0.25) is 0 Å². The van der Waals surface area contributed by atoms with E-state index in [0.717, 1.165) is 5.69 Å². The van der Waals surface area contributed by atoms with Crippen molar-refractivity contribution in [2.24, 2.45) is 5.92 Å². The minimum absolute atomic E-state index is 0.233. The molecule has 0 aromatic carbocycles. The second-order valence-electron chi connectivity index (χ2n) is 5.75. The molecular weight excluding hydrogens is 232 g/mol. The van der Waals surface area contributed by atoms with Gasteiger partial charge in [0.25, 0.3) is 0 Å². The summed E-state index contributed by atoms with van der Waals surface area (Å²) < 4.78 is 10.1. The van der Waals surface area contributed by atoms with Gasteiger partial charge in [0, 0.05) is 18.5 Å². The van der Waals surface area contributed by atoms with Gasteiger partial charge in [0.1, 0.15) is 11.9 Å². The summed E-state index contributed by atoms with van der Waals surface area (Å²) in [4.78, 5) is 11.6. The van der Waals surface area contributed by atoms with Crippen LogP contribution in [-0.4, -0.2) is 23.4 Å². The first-order chi connectivity index (χ1) is 8.46. The van der Waals surface area contributed by atoms with E-state index in [9.17, 15) is 4.79 Å². The molecule has 1 saturated carbocycles. The lowest BCUT2D eigenvalue weighted by Crippen LogP contribution is -2.35. The van der Waals surface area contributed by atoms with Gasteiger partial charge in [0.15, 0.2) is 0 Å². The number of carbonyl (C=O) groups is 1. The van der Waals surface area contributed by atoms with E-state index in [1.54, 1.807) is 6.26 Å². The van der Waals surface area contributed by atoms with E-state index in [2.05, 4.69) is 10.5 Å². The van der Waals surface area contributed by atoms with Crippen LogP contribution in [-0.2, 0) is 4.74 Å². The Bertz CT molecular complexity index is 391. The summed E-state index contributed by atoms with van der Waals surface area (Å²) in [6.07, 6.45) is 3.57. The average molecular weight is 252 g/mol. The molecule has 1 aromatic heterocycles. The van der Waals surface area contributed by atoms with E-state index in [4.69, 9.17) is 9.26 Å². The van der Waals surface area contributed by atoms with Crippen LogP contribution in [0.4, 0.5) is 4.79 Å². The monoisotopic (exact) mass is 252 g/mol. The third kappa shape index (κ3) is 3.75. The highest BCUT2D eigenvalue weighted by molar-refractivity contribution is 5.67. The first kappa shape index (κ1) is 12.9. The average Bonchev–Trinajstić information content (AvgIpc) is 2.91. The Morgan fingerprint density at radius 2 is 2.33 bits per heavy atom. The van der Waals surface area contributed by atoms with Gasteiger partial charge in [0.05, 0.1) is 5.69 Å². The highest BCUT2D eigenvalue weighted by Gasteiger charge is 2.34. The molecule has 1 aromatic rings. The number of alkyl carbamates (subject to hydrolysis) is 1. The number of amides is 1. The van der Waals surface area contributed by atoms with Gasteiger partial charge in [-0.25, -0.2) is 4.79 Å². The van der Waals surface area contributed by atoms with Crippen molar-refractivity contribution in [1.29, 1.82) is 0 Å². The fraction of sp³-hybridized carbons (Fsp3) is 0.692. The van der Waals surface area contributed by atoms with Gasteiger partial charge in [-0.1, -0.05) is 5.16 Å². The van der Waals surface area contributed by atoms with Crippen LogP contribution < -0.4 is 5.32 Å². The van der Waals surface area contributed by atoms with Crippen molar-refractivity contribution in [2.45, 2.75) is 45.1 Å². The summed E-state index contributed by atoms with van der Waals surface area (Å²) in [6, 6.07) is 1.86. The topological polar surface area (TPSA) is 64.4 Å². The number of ether oxygens (including phenoxy) is 1. The standard InChI is InChI=1S/C13H20N2O3/c1-13(2,3)18-12(16)14-8-10(9-4-5-9)11-6-7-17-15-11/h6-7,9-10H,4-5,8H2,1-3H3,(H,14,16). The fourth-order valence-electron chi connectivity index (χ4n) is 1.93. The maximum absolute atomic E-state index is 11.6. The van der Waals surface area contributed by atoms with Gasteiger partial charge in [0.2, 0.25) is 0 Å². The smallest absolute Gasteiger partial charge is 0.407 e. The molecule has 1 amide bonds. The normalized spacial score (nSPS) is 17.3. The second-order valence-corrected chi connectivity index (χ2v) is 5.75. The Morgan fingerprint density at radius 1 is 1.61 bits per heavy atom. The van der Waals surface area contributed by atoms with Crippen molar-refractivity contribution in [2.75, 3.05) is 6.54 Å². The Morgan fingerprint density at radius 3 is 2.83 bits per heavy atom. The number of hydrogen-bond acceptors (Lipinski definition) is 4. The summed E-state index contributed by atoms with van der Waals surface area (Å²) in [7, 11) is 0. The number of aromatic nitrogens is 1. The Hall–Kier alpha value is -1.52. The lowest BCUT2D eigenvalue weighted by atomic mass is 10.00. The van der Waals surface area contributed by atoms with Crippen molar-refractivity contribution < 1.29 is 14.1 Å². The minimum Gasteiger partial charge on any atom is -0.444 e. The molecule has 18 heavy (non-hydrogen) atoms. The van der Waals surface area contributed by atoms with E-state index in [1.807, 2.05) is 26.8 Å². The van der Waals surface area contributed by atoms with Crippen molar-refractivity contribution >= 4 is 6.09 Å². The zero-order valence-electron chi connectivity index (χ0n) is 11.1. The summed E-state index contributed by atoms with van der Waals surface area (Å²) in [5.41, 5.74) is 0.445. The van der Waals surface area contributed by atoms with Crippen LogP contribution in [0, 0.1) is 5.92 Å². The van der Waals surface area contributed by atoms with Crippen LogP contribution in [0.1, 0.15) is 45.2 Å². The van der Waals surface area contributed by atoms with E-state index in [1.165, 1.54) is 12.8 Å². The molecule has 2 rings (SSSR count). The van der Waals surface area contributed by atoms with Gasteiger partial charge in [-0.05, 0) is 39.5 Å². The molecule has 1 unspecified atom stereocenters. The van der Waals surface area contributed by atoms with Gasteiger partial charge in [-0.2, -0.15) is 0 Å². The van der Waals surface area contributed by atoms with Gasteiger partial charge in [-0.15, -0.1) is 0 Å². The Kier molecular flexibility index (Phi) is 3.59. The maximum atomic E-state index is 11.6. The predicted octanol–water partition coefficient (Wildman–Crippen LogP) is 2.69. The molecule has 0 saturated heterocycles. The largest absolute Gasteiger partial charge is 0.444 e. The fourth-order valence-corrected chi connectivity index (χ4v) is 1.93. The van der Waals surface area contributed by atoms with Crippen molar-refractivity contribution in [1.82, 2.24) is 10.5 Å². The molecule has 0 radical (unpaired) electrons. The number of nitrogens with zero attached hydrogens (tertiary/aromatic N) is 1. The van der Waals surface area contributed by atoms with Crippen molar-refractivity contribution in [3.8, 4) is 0 Å². The molecule has 5 nitrogen and oxygen atoms in total. The molecule has 1 aliphatic rings. The van der Waals surface area contributed by atoms with Crippen molar-refractivity contribution in [3.05, 3.63) is 18.0 Å². The number of hydrogen-bond donors (Lipinski definition) is 1. The zero-order valence-corrected chi connectivity index (χ0v) is 11.1. The predicted molar refractivity (Wildman–Crippen MR) is 66.2 cm³/mol. The molecule has 1 heterocycles. The summed E-state index contributed by atoms with van der Waals surface area (Å²) >= 11 is 0. The summed E-state index contributed by atoms with van der Waals surface area (Å²) in [5, 5.41) is 6.77. The van der Waals surface area contributed by atoms with Crippen LogP contribution in [0.25, 0.3) is 0 Å². The summed E-state index contributed by atoms with van der Waals surface area (Å²) in [6.45, 7) is 6.10. The third-order valence-electron chi connectivity index (χ3n) is 2.89. The molecule has 1 atom stereocenters. The van der Waals surface area contributed by atoms with Crippen LogP contribution in [0.5, 0.6) is 0 Å². The van der Waals surface area contributed by atoms with Crippen LogP contribution in [0.2, 0.25) is 0 Å². The first-order valence-electron chi connectivity index (χ1n) is 6.33. The Balaban J connectivity index is 1.85. The molecule has 1 N–H and O–H groups in total. The van der Waals surface area contributed by atoms with Crippen LogP contribution in [0.3, 0.4) is 0 Å². The summed E-state index contributed by atoms with van der Waals surface area (Å²) in [5.74, 6) is 0.835. The van der Waals surface area contributed by atoms with E-state index in [-0.39, 0.29) is 12.0 Å². The quantitative estimate of drug-likeness (QED) is 0.894. The molecule has 0 aliphatic heterocycles. The van der Waals surface area contributed by atoms with Crippen molar-refractivity contribution in [3.63, 3.8) is 0 Å². The SMILES string of the molecule is CC(C)(C)OC(=O)NCC(c1ccon1)C1CC1. The van der Waals surface area contributed by atoms with E-state index in [0.29, 0.717) is 12.5 Å². The number of rotatable bonds is 4. The second kappa shape index (κ2) is 5.00. The molecule has 0 spiro atoms. The highest BCUT2D eigenvalue weighted by atomic mass is 16.6. The minimum atomic E-state index is -0.465. The van der Waals surface area contributed by atoms with Crippen LogP contribution >= 0.6 is 0 Å². The molecule has 1 aliphatic carbocycles.